The number of Topliss-reactive ketones (excluding diaryl/α,β-unsaturated/α-hetero) is 1. The fourth-order valence-electron chi connectivity index (χ4n) is 3.81. The number of hydrogen-bond acceptors (Lipinski definition) is 3. The maximum absolute atomic E-state index is 12.6. The van der Waals surface area contributed by atoms with Crippen LogP contribution in [0.1, 0.15) is 64.7 Å². The van der Waals surface area contributed by atoms with E-state index in [1.807, 2.05) is 4.90 Å². The third-order valence-electron chi connectivity index (χ3n) is 5.30. The fourth-order valence-corrected chi connectivity index (χ4v) is 3.81. The number of ketones is 1. The summed E-state index contributed by atoms with van der Waals surface area (Å²) in [6, 6.07) is 6.93. The molecule has 3 amide bonds. The van der Waals surface area contributed by atoms with Crippen molar-refractivity contribution >= 4 is 29.1 Å². The van der Waals surface area contributed by atoms with E-state index in [9.17, 15) is 14.4 Å². The van der Waals surface area contributed by atoms with Gasteiger partial charge in [-0.25, -0.2) is 4.79 Å². The van der Waals surface area contributed by atoms with Gasteiger partial charge in [-0.3, -0.25) is 9.59 Å². The van der Waals surface area contributed by atoms with Crippen LogP contribution >= 0.6 is 0 Å². The summed E-state index contributed by atoms with van der Waals surface area (Å²) in [5.74, 6) is -0.376. The monoisotopic (exact) mass is 396 g/mol. The Bertz CT molecular complexity index is 907. The lowest BCUT2D eigenvalue weighted by atomic mass is 10.1. The van der Waals surface area contributed by atoms with E-state index in [1.165, 1.54) is 19.8 Å². The van der Waals surface area contributed by atoms with Crippen LogP contribution in [-0.2, 0) is 0 Å². The Hall–Kier alpha value is -3.09. The SMILES string of the molecule is CC(=O)c1c(C)[nH]c(C(=O)Nc2ccc(NC(=O)N3CCCCCC3)cc2)c1C. The van der Waals surface area contributed by atoms with Crippen LogP contribution in [0.5, 0.6) is 0 Å². The Morgan fingerprint density at radius 3 is 1.97 bits per heavy atom. The molecular weight excluding hydrogens is 368 g/mol. The van der Waals surface area contributed by atoms with E-state index in [0.29, 0.717) is 33.9 Å². The normalized spacial score (nSPS) is 14.2. The minimum absolute atomic E-state index is 0.0696. The third-order valence-corrected chi connectivity index (χ3v) is 5.30. The van der Waals surface area contributed by atoms with Gasteiger partial charge in [0, 0.05) is 35.7 Å². The van der Waals surface area contributed by atoms with Crippen molar-refractivity contribution in [3.05, 3.63) is 46.8 Å². The molecule has 1 aliphatic heterocycles. The van der Waals surface area contributed by atoms with E-state index >= 15 is 0 Å². The first-order valence-corrected chi connectivity index (χ1v) is 10.0. The number of carbonyl (C=O) groups is 3. The molecule has 1 fully saturated rings. The number of aromatic nitrogens is 1. The number of aryl methyl sites for hydroxylation is 1. The van der Waals surface area contributed by atoms with Crippen molar-refractivity contribution in [2.45, 2.75) is 46.5 Å². The number of H-pyrrole nitrogens is 1. The van der Waals surface area contributed by atoms with Crippen molar-refractivity contribution in [2.75, 3.05) is 23.7 Å². The minimum Gasteiger partial charge on any atom is -0.354 e. The molecule has 1 aromatic carbocycles. The Morgan fingerprint density at radius 2 is 1.45 bits per heavy atom. The number of hydrogen-bond donors (Lipinski definition) is 3. The molecule has 0 bridgehead atoms. The van der Waals surface area contributed by atoms with E-state index in [-0.39, 0.29) is 17.7 Å². The van der Waals surface area contributed by atoms with Gasteiger partial charge in [0.05, 0.1) is 0 Å². The largest absolute Gasteiger partial charge is 0.354 e. The number of rotatable bonds is 4. The smallest absolute Gasteiger partial charge is 0.321 e. The lowest BCUT2D eigenvalue weighted by Gasteiger charge is -2.20. The van der Waals surface area contributed by atoms with Crippen LogP contribution in [-0.4, -0.2) is 40.7 Å². The predicted molar refractivity (Wildman–Crippen MR) is 114 cm³/mol. The number of carbonyl (C=O) groups excluding carboxylic acids is 3. The Balaban J connectivity index is 1.63. The second-order valence-electron chi connectivity index (χ2n) is 7.54. The summed E-state index contributed by atoms with van der Waals surface area (Å²) in [6.45, 7) is 6.61. The van der Waals surface area contributed by atoms with Gasteiger partial charge in [0.25, 0.3) is 5.91 Å². The molecule has 7 nitrogen and oxygen atoms in total. The minimum atomic E-state index is -0.306. The summed E-state index contributed by atoms with van der Waals surface area (Å²) in [7, 11) is 0. The molecule has 1 aromatic heterocycles. The molecule has 29 heavy (non-hydrogen) atoms. The van der Waals surface area contributed by atoms with Crippen molar-refractivity contribution in [1.29, 1.82) is 0 Å². The maximum Gasteiger partial charge on any atom is 0.321 e. The number of anilines is 2. The second-order valence-corrected chi connectivity index (χ2v) is 7.54. The van der Waals surface area contributed by atoms with Crippen LogP contribution < -0.4 is 10.6 Å². The molecule has 7 heteroatoms. The van der Waals surface area contributed by atoms with Crippen molar-refractivity contribution in [2.24, 2.45) is 0 Å². The quantitative estimate of drug-likeness (QED) is 0.664. The first-order chi connectivity index (χ1) is 13.9. The maximum atomic E-state index is 12.6. The molecule has 1 aliphatic rings. The van der Waals surface area contributed by atoms with Gasteiger partial charge in [-0.05, 0) is 63.4 Å². The molecule has 2 heterocycles. The zero-order chi connectivity index (χ0) is 21.0. The summed E-state index contributed by atoms with van der Waals surface area (Å²) in [5, 5.41) is 5.74. The highest BCUT2D eigenvalue weighted by atomic mass is 16.2. The summed E-state index contributed by atoms with van der Waals surface area (Å²) in [5.41, 5.74) is 3.57. The van der Waals surface area contributed by atoms with Gasteiger partial charge in [-0.15, -0.1) is 0 Å². The highest BCUT2D eigenvalue weighted by Gasteiger charge is 2.20. The van der Waals surface area contributed by atoms with Crippen LogP contribution in [0.2, 0.25) is 0 Å². The van der Waals surface area contributed by atoms with Crippen molar-refractivity contribution < 1.29 is 14.4 Å². The van der Waals surface area contributed by atoms with Gasteiger partial charge >= 0.3 is 6.03 Å². The average Bonchev–Trinajstić information content (AvgIpc) is 2.86. The number of nitrogens with zero attached hydrogens (tertiary/aromatic N) is 1. The van der Waals surface area contributed by atoms with E-state index in [2.05, 4.69) is 15.6 Å². The van der Waals surface area contributed by atoms with Gasteiger partial charge in [0.15, 0.2) is 5.78 Å². The van der Waals surface area contributed by atoms with Gasteiger partial charge in [0.1, 0.15) is 5.69 Å². The van der Waals surface area contributed by atoms with Crippen LogP contribution in [0.25, 0.3) is 0 Å². The topological polar surface area (TPSA) is 94.3 Å². The molecular formula is C22H28N4O3. The van der Waals surface area contributed by atoms with Crippen LogP contribution in [0.15, 0.2) is 24.3 Å². The number of urea groups is 1. The molecule has 0 radical (unpaired) electrons. The number of likely N-dealkylation sites (tertiary alicyclic amines) is 1. The summed E-state index contributed by atoms with van der Waals surface area (Å²) in [6.07, 6.45) is 4.43. The van der Waals surface area contributed by atoms with Gasteiger partial charge < -0.3 is 20.5 Å². The highest BCUT2D eigenvalue weighted by molar-refractivity contribution is 6.07. The Labute approximate surface area is 170 Å². The van der Waals surface area contributed by atoms with Crippen molar-refractivity contribution in [1.82, 2.24) is 9.88 Å². The molecule has 3 N–H and O–H groups in total. The molecule has 154 valence electrons. The van der Waals surface area contributed by atoms with E-state index in [0.717, 1.165) is 25.9 Å². The number of nitrogens with one attached hydrogen (secondary N) is 3. The standard InChI is InChI=1S/C22H28N4O3/c1-14-19(16(3)27)15(2)23-20(14)21(28)24-17-8-10-18(11-9-17)25-22(29)26-12-6-4-5-7-13-26/h8-11,23H,4-7,12-13H2,1-3H3,(H,24,28)(H,25,29). The molecule has 0 saturated carbocycles. The fraction of sp³-hybridized carbons (Fsp3) is 0.409. The third kappa shape index (κ3) is 4.85. The zero-order valence-electron chi connectivity index (χ0n) is 17.2. The molecule has 2 aromatic rings. The first kappa shape index (κ1) is 20.6. The Kier molecular flexibility index (Phi) is 6.36. The lowest BCUT2D eigenvalue weighted by molar-refractivity contribution is 0.101. The van der Waals surface area contributed by atoms with Crippen LogP contribution in [0.4, 0.5) is 16.2 Å². The highest BCUT2D eigenvalue weighted by Crippen LogP contribution is 2.21. The number of amides is 3. The first-order valence-electron chi connectivity index (χ1n) is 10.0. The number of benzene rings is 1. The summed E-state index contributed by atoms with van der Waals surface area (Å²) < 4.78 is 0. The molecule has 0 spiro atoms. The van der Waals surface area contributed by atoms with Crippen molar-refractivity contribution in [3.63, 3.8) is 0 Å². The zero-order valence-corrected chi connectivity index (χ0v) is 17.2. The molecule has 1 saturated heterocycles. The second kappa shape index (κ2) is 8.94. The molecule has 0 aliphatic carbocycles. The lowest BCUT2D eigenvalue weighted by Crippen LogP contribution is -2.35. The molecule has 0 unspecified atom stereocenters. The predicted octanol–water partition coefficient (Wildman–Crippen LogP) is 4.49. The molecule has 0 atom stereocenters. The van der Waals surface area contributed by atoms with Gasteiger partial charge in [-0.2, -0.15) is 0 Å². The van der Waals surface area contributed by atoms with Crippen LogP contribution in [0.3, 0.4) is 0 Å². The van der Waals surface area contributed by atoms with E-state index in [1.54, 1.807) is 38.1 Å². The summed E-state index contributed by atoms with van der Waals surface area (Å²) in [4.78, 5) is 41.6. The molecule has 3 rings (SSSR count). The summed E-state index contributed by atoms with van der Waals surface area (Å²) >= 11 is 0. The van der Waals surface area contributed by atoms with E-state index in [4.69, 9.17) is 0 Å². The Morgan fingerprint density at radius 1 is 0.897 bits per heavy atom. The van der Waals surface area contributed by atoms with E-state index < -0.39 is 0 Å². The van der Waals surface area contributed by atoms with Gasteiger partial charge in [-0.1, -0.05) is 12.8 Å². The van der Waals surface area contributed by atoms with Crippen molar-refractivity contribution in [3.8, 4) is 0 Å². The van der Waals surface area contributed by atoms with Crippen LogP contribution in [0, 0.1) is 13.8 Å². The van der Waals surface area contributed by atoms with Gasteiger partial charge in [0.2, 0.25) is 0 Å². The average molecular weight is 396 g/mol. The number of aromatic amines is 1.